The normalized spacial score (nSPS) is 23.7. The minimum Gasteiger partial charge on any atom is -0.379 e. The first-order valence-electron chi connectivity index (χ1n) is 14.0. The minimum atomic E-state index is 0.167. The van der Waals surface area contributed by atoms with Gasteiger partial charge in [-0.15, -0.1) is 0 Å². The van der Waals surface area contributed by atoms with Crippen molar-refractivity contribution in [3.63, 3.8) is 0 Å². The summed E-state index contributed by atoms with van der Waals surface area (Å²) in [6.07, 6.45) is 2.47. The lowest BCUT2D eigenvalue weighted by molar-refractivity contribution is -0.122. The number of carbonyl (C=O) groups excluding carboxylic acids is 1. The quantitative estimate of drug-likeness (QED) is 0.499. The summed E-state index contributed by atoms with van der Waals surface area (Å²) in [4.78, 5) is 19.9. The molecule has 0 bridgehead atoms. The largest absolute Gasteiger partial charge is 0.379 e. The molecule has 3 aliphatic heterocycles. The Bertz CT molecular complexity index is 956. The third-order valence-electron chi connectivity index (χ3n) is 8.02. The van der Waals surface area contributed by atoms with Crippen LogP contribution in [-0.4, -0.2) is 99.5 Å². The molecule has 3 saturated heterocycles. The Balaban J connectivity index is 1.05. The lowest BCUT2D eigenvalue weighted by Gasteiger charge is -2.35. The predicted octanol–water partition coefficient (Wildman–Crippen LogP) is 1.60. The van der Waals surface area contributed by atoms with Crippen LogP contribution in [0.4, 0.5) is 5.69 Å². The fourth-order valence-electron chi connectivity index (χ4n) is 5.79. The van der Waals surface area contributed by atoms with Crippen LogP contribution in [-0.2, 0) is 22.5 Å². The van der Waals surface area contributed by atoms with Crippen molar-refractivity contribution < 1.29 is 14.1 Å². The van der Waals surface area contributed by atoms with Gasteiger partial charge in [-0.2, -0.15) is 0 Å². The highest BCUT2D eigenvalue weighted by atomic mass is 16.5. The van der Waals surface area contributed by atoms with Crippen LogP contribution >= 0.6 is 0 Å². The first-order valence-corrected chi connectivity index (χ1v) is 14.0. The molecule has 9 nitrogen and oxygen atoms in total. The average Bonchev–Trinajstić information content (AvgIpc) is 3.38. The van der Waals surface area contributed by atoms with Crippen LogP contribution in [0.15, 0.2) is 40.9 Å². The Morgan fingerprint density at radius 1 is 1.03 bits per heavy atom. The van der Waals surface area contributed by atoms with Gasteiger partial charge in [-0.1, -0.05) is 23.4 Å². The fourth-order valence-corrected chi connectivity index (χ4v) is 5.79. The molecule has 2 atom stereocenters. The maximum atomic E-state index is 12.7. The molecule has 5 rings (SSSR count). The van der Waals surface area contributed by atoms with E-state index >= 15 is 0 Å². The number of para-hydroxylation sites is 1. The molecule has 2 aromatic rings. The van der Waals surface area contributed by atoms with E-state index in [0.717, 1.165) is 103 Å². The number of piperidine rings is 1. The monoisotopic (exact) mass is 510 g/mol. The number of hydrogen-bond acceptors (Lipinski definition) is 8. The lowest BCUT2D eigenvalue weighted by atomic mass is 9.81. The molecular formula is C28H42N6O3. The van der Waals surface area contributed by atoms with E-state index in [9.17, 15) is 4.79 Å². The average molecular weight is 511 g/mol. The molecule has 9 heteroatoms. The van der Waals surface area contributed by atoms with Crippen LogP contribution in [0.25, 0.3) is 0 Å². The zero-order valence-corrected chi connectivity index (χ0v) is 21.9. The second-order valence-corrected chi connectivity index (χ2v) is 10.6. The zero-order valence-electron chi connectivity index (χ0n) is 21.9. The number of benzene rings is 1. The molecule has 1 aromatic carbocycles. The SMILES string of the molecule is O=C(CC1CCNCC1Cc1cc(CN2CCN(c3ccccc3)CC2)on1)NCCN1CCOCC1. The molecule has 0 radical (unpaired) electrons. The molecule has 202 valence electrons. The number of aromatic nitrogens is 1. The van der Waals surface area contributed by atoms with Gasteiger partial charge in [0.15, 0.2) is 5.76 Å². The Morgan fingerprint density at radius 3 is 2.65 bits per heavy atom. The van der Waals surface area contributed by atoms with Crippen LogP contribution in [0, 0.1) is 11.8 Å². The maximum Gasteiger partial charge on any atom is 0.220 e. The van der Waals surface area contributed by atoms with E-state index in [4.69, 9.17) is 9.26 Å². The van der Waals surface area contributed by atoms with Crippen molar-refractivity contribution in [1.82, 2.24) is 25.6 Å². The molecule has 0 spiro atoms. The highest BCUT2D eigenvalue weighted by Crippen LogP contribution is 2.26. The molecule has 2 N–H and O–H groups in total. The predicted molar refractivity (Wildman–Crippen MR) is 143 cm³/mol. The van der Waals surface area contributed by atoms with Crippen molar-refractivity contribution >= 4 is 11.6 Å². The number of anilines is 1. The van der Waals surface area contributed by atoms with Crippen molar-refractivity contribution in [2.24, 2.45) is 11.8 Å². The number of carbonyl (C=O) groups is 1. The van der Waals surface area contributed by atoms with E-state index < -0.39 is 0 Å². The number of nitrogens with zero attached hydrogens (tertiary/aromatic N) is 4. The molecule has 1 aromatic heterocycles. The highest BCUT2D eigenvalue weighted by Gasteiger charge is 2.28. The molecule has 3 fully saturated rings. The van der Waals surface area contributed by atoms with Gasteiger partial charge in [-0.05, 0) is 49.9 Å². The van der Waals surface area contributed by atoms with Crippen molar-refractivity contribution in [2.75, 3.05) is 83.6 Å². The van der Waals surface area contributed by atoms with Crippen LogP contribution < -0.4 is 15.5 Å². The van der Waals surface area contributed by atoms with E-state index in [-0.39, 0.29) is 5.91 Å². The van der Waals surface area contributed by atoms with Crippen molar-refractivity contribution in [3.8, 4) is 0 Å². The van der Waals surface area contributed by atoms with E-state index in [2.05, 4.69) is 66.9 Å². The lowest BCUT2D eigenvalue weighted by Crippen LogP contribution is -2.45. The first-order chi connectivity index (χ1) is 18.2. The molecule has 3 aliphatic rings. The van der Waals surface area contributed by atoms with Crippen LogP contribution in [0.2, 0.25) is 0 Å². The van der Waals surface area contributed by atoms with Crippen molar-refractivity contribution in [1.29, 1.82) is 0 Å². The Labute approximate surface area is 220 Å². The van der Waals surface area contributed by atoms with Gasteiger partial charge in [0.25, 0.3) is 0 Å². The summed E-state index contributed by atoms with van der Waals surface area (Å²) >= 11 is 0. The Hall–Kier alpha value is -2.46. The number of amides is 1. The fraction of sp³-hybridized carbons (Fsp3) is 0.643. The Morgan fingerprint density at radius 2 is 1.84 bits per heavy atom. The maximum absolute atomic E-state index is 12.7. The summed E-state index contributed by atoms with van der Waals surface area (Å²) in [6, 6.07) is 12.8. The highest BCUT2D eigenvalue weighted by molar-refractivity contribution is 5.76. The standard InChI is InChI=1S/C28H42N6O3/c35-28(30-8-9-32-14-16-36-17-15-32)19-23-6-7-29-21-24(23)18-25-20-27(37-31-25)22-33-10-12-34(13-11-33)26-4-2-1-3-5-26/h1-5,20,23-24,29H,6-19,21-22H2,(H,30,35). The van der Waals surface area contributed by atoms with Gasteiger partial charge >= 0.3 is 0 Å². The summed E-state index contributed by atoms with van der Waals surface area (Å²) in [5.74, 6) is 1.87. The van der Waals surface area contributed by atoms with E-state index in [1.807, 2.05) is 0 Å². The van der Waals surface area contributed by atoms with Crippen molar-refractivity contribution in [3.05, 3.63) is 47.9 Å². The zero-order chi connectivity index (χ0) is 25.3. The van der Waals surface area contributed by atoms with E-state index in [1.54, 1.807) is 0 Å². The minimum absolute atomic E-state index is 0.167. The van der Waals surface area contributed by atoms with E-state index in [0.29, 0.717) is 24.8 Å². The smallest absolute Gasteiger partial charge is 0.220 e. The van der Waals surface area contributed by atoms with Gasteiger partial charge in [0.1, 0.15) is 0 Å². The summed E-state index contributed by atoms with van der Waals surface area (Å²) in [7, 11) is 0. The van der Waals surface area contributed by atoms with Gasteiger partial charge in [0.05, 0.1) is 25.5 Å². The van der Waals surface area contributed by atoms with E-state index in [1.165, 1.54) is 5.69 Å². The molecule has 37 heavy (non-hydrogen) atoms. The molecule has 4 heterocycles. The van der Waals surface area contributed by atoms with Crippen LogP contribution in [0.1, 0.15) is 24.3 Å². The summed E-state index contributed by atoms with van der Waals surface area (Å²) in [5, 5.41) is 11.1. The Kier molecular flexibility index (Phi) is 9.45. The summed E-state index contributed by atoms with van der Waals surface area (Å²) in [5.41, 5.74) is 2.30. The molecular weight excluding hydrogens is 468 g/mol. The molecule has 2 unspecified atom stereocenters. The topological polar surface area (TPSA) is 86.1 Å². The molecule has 0 aliphatic carbocycles. The number of rotatable bonds is 10. The summed E-state index contributed by atoms with van der Waals surface area (Å²) < 4.78 is 11.1. The van der Waals surface area contributed by atoms with Gasteiger partial charge in [0.2, 0.25) is 5.91 Å². The summed E-state index contributed by atoms with van der Waals surface area (Å²) in [6.45, 7) is 11.9. The van der Waals surface area contributed by atoms with Gasteiger partial charge in [-0.25, -0.2) is 0 Å². The van der Waals surface area contributed by atoms with Gasteiger partial charge < -0.3 is 24.8 Å². The number of morpholine rings is 1. The third kappa shape index (κ3) is 7.77. The van der Waals surface area contributed by atoms with Gasteiger partial charge in [-0.3, -0.25) is 14.6 Å². The van der Waals surface area contributed by atoms with Gasteiger partial charge in [0, 0.05) is 70.5 Å². The first kappa shape index (κ1) is 26.2. The second-order valence-electron chi connectivity index (χ2n) is 10.6. The second kappa shape index (κ2) is 13.4. The number of nitrogens with one attached hydrogen (secondary N) is 2. The van der Waals surface area contributed by atoms with Crippen LogP contribution in [0.3, 0.4) is 0 Å². The number of ether oxygens (including phenoxy) is 1. The number of hydrogen-bond donors (Lipinski definition) is 2. The number of piperazine rings is 1. The van der Waals surface area contributed by atoms with Crippen LogP contribution in [0.5, 0.6) is 0 Å². The molecule has 1 amide bonds. The third-order valence-corrected chi connectivity index (χ3v) is 8.02. The molecule has 0 saturated carbocycles. The van der Waals surface area contributed by atoms with Crippen molar-refractivity contribution in [2.45, 2.75) is 25.8 Å².